The first kappa shape index (κ1) is 7.41. The van der Waals surface area contributed by atoms with E-state index in [9.17, 15) is 0 Å². The molecule has 2 rings (SSSR count). The largest absolute Gasteiger partial charge is 1.00 e. The third-order valence-electron chi connectivity index (χ3n) is 1.74. The molecule has 0 spiro atoms. The first-order chi connectivity index (χ1) is 4.38. The summed E-state index contributed by atoms with van der Waals surface area (Å²) in [7, 11) is 2.05. The highest BCUT2D eigenvalue weighted by molar-refractivity contribution is 5.89. The molecule has 0 aliphatic carbocycles. The van der Waals surface area contributed by atoms with Gasteiger partial charge in [-0.3, -0.25) is 4.99 Å². The van der Waals surface area contributed by atoms with Crippen molar-refractivity contribution in [3.63, 3.8) is 0 Å². The number of fused-ring (bicyclic) bond motifs is 1. The minimum atomic E-state index is 0. The quantitative estimate of drug-likeness (QED) is 0.383. The molecule has 0 aromatic carbocycles. The highest BCUT2D eigenvalue weighted by Gasteiger charge is 2.29. The van der Waals surface area contributed by atoms with E-state index >= 15 is 0 Å². The number of hydrazine groups is 1. The Kier molecular flexibility index (Phi) is 1.85. The van der Waals surface area contributed by atoms with Crippen molar-refractivity contribution in [2.75, 3.05) is 20.1 Å². The Balaban J connectivity index is 0.000000500. The van der Waals surface area contributed by atoms with Crippen LogP contribution < -0.4 is 17.4 Å². The normalized spacial score (nSPS) is 20.7. The van der Waals surface area contributed by atoms with Gasteiger partial charge in [0, 0.05) is 19.3 Å². The average Bonchev–Trinajstić information content (AvgIpc) is 2.35. The predicted octanol–water partition coefficient (Wildman–Crippen LogP) is -4.84. The van der Waals surface area contributed by atoms with E-state index in [1.54, 1.807) is 0 Å². The number of hydrogen-bond acceptors (Lipinski definition) is 2. The minimum Gasteiger partial charge on any atom is -1.00 e. The molecule has 3 nitrogen and oxygen atoms in total. The summed E-state index contributed by atoms with van der Waals surface area (Å²) in [5, 5.41) is 4.30. The number of nitrogens with zero attached hydrogens (tertiary/aromatic N) is 2. The van der Waals surface area contributed by atoms with Crippen LogP contribution in [-0.4, -0.2) is 36.0 Å². The van der Waals surface area contributed by atoms with Gasteiger partial charge >= 0.3 is 0 Å². The van der Waals surface area contributed by atoms with Crippen molar-refractivity contribution in [1.29, 1.82) is 0 Å². The molecule has 0 aromatic heterocycles. The highest BCUT2D eigenvalue weighted by Crippen LogP contribution is 2.04. The maximum absolute atomic E-state index is 3.26. The van der Waals surface area contributed by atoms with Crippen LogP contribution in [0.25, 0.3) is 0 Å². The number of halogens is 1. The van der Waals surface area contributed by atoms with Gasteiger partial charge in [0.15, 0.2) is 0 Å². The summed E-state index contributed by atoms with van der Waals surface area (Å²) >= 11 is 0. The first-order valence-corrected chi connectivity index (χ1v) is 3.17. The fourth-order valence-corrected chi connectivity index (χ4v) is 1.23. The van der Waals surface area contributed by atoms with Crippen LogP contribution in [0.5, 0.6) is 0 Å². The molecule has 10 heavy (non-hydrogen) atoms. The number of amidine groups is 1. The SMILES string of the molecule is CN1C=CC2=[NH+]CCN21.[Cl-]. The lowest BCUT2D eigenvalue weighted by Gasteiger charge is -2.13. The van der Waals surface area contributed by atoms with Gasteiger partial charge < -0.3 is 12.4 Å². The fraction of sp³-hybridized carbons (Fsp3) is 0.500. The topological polar surface area (TPSA) is 20.5 Å². The molecule has 4 heteroatoms. The van der Waals surface area contributed by atoms with Crippen molar-refractivity contribution in [2.24, 2.45) is 0 Å². The summed E-state index contributed by atoms with van der Waals surface area (Å²) in [5.41, 5.74) is 0. The zero-order chi connectivity index (χ0) is 6.27. The Labute approximate surface area is 66.4 Å². The van der Waals surface area contributed by atoms with E-state index in [2.05, 4.69) is 34.3 Å². The molecule has 0 bridgehead atoms. The van der Waals surface area contributed by atoms with Gasteiger partial charge in [-0.1, -0.05) is 0 Å². The number of rotatable bonds is 0. The summed E-state index contributed by atoms with van der Waals surface area (Å²) in [4.78, 5) is 3.26. The van der Waals surface area contributed by atoms with E-state index in [1.165, 1.54) is 5.84 Å². The van der Waals surface area contributed by atoms with Crippen LogP contribution in [0.4, 0.5) is 0 Å². The molecule has 0 saturated carbocycles. The molecule has 2 aliphatic heterocycles. The molecule has 56 valence electrons. The monoisotopic (exact) mass is 159 g/mol. The second-order valence-corrected chi connectivity index (χ2v) is 2.32. The molecule has 0 radical (unpaired) electrons. The molecule has 2 heterocycles. The molecule has 0 atom stereocenters. The predicted molar refractivity (Wildman–Crippen MR) is 34.4 cm³/mol. The Morgan fingerprint density at radius 2 is 2.40 bits per heavy atom. The van der Waals surface area contributed by atoms with E-state index in [0.717, 1.165) is 13.1 Å². The summed E-state index contributed by atoms with van der Waals surface area (Å²) < 4.78 is 0. The molecular formula is C6H10ClN3. The lowest BCUT2D eigenvalue weighted by Crippen LogP contribution is -3.00. The molecule has 2 aliphatic rings. The zero-order valence-electron chi connectivity index (χ0n) is 5.84. The molecule has 0 fully saturated rings. The first-order valence-electron chi connectivity index (χ1n) is 3.17. The van der Waals surface area contributed by atoms with Gasteiger partial charge in [0.25, 0.3) is 5.84 Å². The van der Waals surface area contributed by atoms with Crippen LogP contribution in [0.2, 0.25) is 0 Å². The molecule has 0 amide bonds. The average molecular weight is 160 g/mol. The Bertz CT molecular complexity index is 187. The molecule has 0 unspecified atom stereocenters. The summed E-state index contributed by atoms with van der Waals surface area (Å²) in [6.07, 6.45) is 4.15. The van der Waals surface area contributed by atoms with E-state index in [0.29, 0.717) is 0 Å². The smallest absolute Gasteiger partial charge is 0.295 e. The number of nitrogens with one attached hydrogen (secondary N) is 1. The lowest BCUT2D eigenvalue weighted by atomic mass is 10.6. The van der Waals surface area contributed by atoms with Gasteiger partial charge in [0.2, 0.25) is 0 Å². The van der Waals surface area contributed by atoms with Crippen LogP contribution in [0, 0.1) is 0 Å². The fourth-order valence-electron chi connectivity index (χ4n) is 1.23. The maximum Gasteiger partial charge on any atom is 0.295 e. The molecule has 1 N–H and O–H groups in total. The lowest BCUT2D eigenvalue weighted by molar-refractivity contribution is -0.443. The Morgan fingerprint density at radius 3 is 3.10 bits per heavy atom. The van der Waals surface area contributed by atoms with Crippen molar-refractivity contribution in [2.45, 2.75) is 0 Å². The Hall–Kier alpha value is -0.700. The van der Waals surface area contributed by atoms with Crippen molar-refractivity contribution in [3.8, 4) is 0 Å². The third kappa shape index (κ3) is 0.865. The van der Waals surface area contributed by atoms with Crippen LogP contribution in [0.15, 0.2) is 12.3 Å². The summed E-state index contributed by atoms with van der Waals surface area (Å²) in [6.45, 7) is 2.17. The van der Waals surface area contributed by atoms with Gasteiger partial charge in [0.1, 0.15) is 13.1 Å². The van der Waals surface area contributed by atoms with Crippen LogP contribution >= 0.6 is 0 Å². The van der Waals surface area contributed by atoms with E-state index in [1.807, 2.05) is 0 Å². The second kappa shape index (κ2) is 2.50. The van der Waals surface area contributed by atoms with Crippen LogP contribution in [0.3, 0.4) is 0 Å². The maximum atomic E-state index is 3.26. The highest BCUT2D eigenvalue weighted by atomic mass is 35.5. The van der Waals surface area contributed by atoms with Crippen LogP contribution in [0.1, 0.15) is 0 Å². The van der Waals surface area contributed by atoms with Crippen molar-refractivity contribution in [1.82, 2.24) is 10.0 Å². The summed E-state index contributed by atoms with van der Waals surface area (Å²) in [5.74, 6) is 1.23. The minimum absolute atomic E-state index is 0. The van der Waals surface area contributed by atoms with Crippen molar-refractivity contribution in [3.05, 3.63) is 12.3 Å². The molecule has 0 aromatic rings. The van der Waals surface area contributed by atoms with E-state index < -0.39 is 0 Å². The third-order valence-corrected chi connectivity index (χ3v) is 1.74. The zero-order valence-corrected chi connectivity index (χ0v) is 6.60. The number of hydrogen-bond donors (Lipinski definition) is 1. The van der Waals surface area contributed by atoms with Gasteiger partial charge in [-0.05, 0) is 0 Å². The second-order valence-electron chi connectivity index (χ2n) is 2.32. The van der Waals surface area contributed by atoms with Gasteiger partial charge in [-0.15, -0.1) is 0 Å². The van der Waals surface area contributed by atoms with E-state index in [4.69, 9.17) is 0 Å². The Morgan fingerprint density at radius 1 is 1.60 bits per heavy atom. The van der Waals surface area contributed by atoms with Gasteiger partial charge in [0.05, 0.1) is 0 Å². The standard InChI is InChI=1S/C6H9N3.ClH/c1-8-4-2-6-7-3-5-9(6)8;/h2,4H,3,5H2,1H3;1H. The molecule has 0 saturated heterocycles. The summed E-state index contributed by atoms with van der Waals surface area (Å²) in [6, 6.07) is 0. The van der Waals surface area contributed by atoms with Gasteiger partial charge in [-0.2, -0.15) is 5.01 Å². The van der Waals surface area contributed by atoms with Crippen molar-refractivity contribution < 1.29 is 17.4 Å². The van der Waals surface area contributed by atoms with E-state index in [-0.39, 0.29) is 12.4 Å². The van der Waals surface area contributed by atoms with Gasteiger partial charge in [-0.25, -0.2) is 5.01 Å². The van der Waals surface area contributed by atoms with Crippen molar-refractivity contribution >= 4 is 5.84 Å². The van der Waals surface area contributed by atoms with Crippen LogP contribution in [-0.2, 0) is 0 Å². The molecular weight excluding hydrogens is 150 g/mol.